The van der Waals surface area contributed by atoms with Crippen molar-refractivity contribution in [1.82, 2.24) is 5.32 Å². The number of rotatable bonds is 3. The van der Waals surface area contributed by atoms with Gasteiger partial charge in [0.1, 0.15) is 0 Å². The average molecular weight is 333 g/mol. The van der Waals surface area contributed by atoms with E-state index in [1.54, 1.807) is 18.2 Å². The number of carbonyl (C=O) groups is 1. The molecule has 1 aromatic rings. The summed E-state index contributed by atoms with van der Waals surface area (Å²) in [6.45, 7) is 3.29. The van der Waals surface area contributed by atoms with Crippen molar-refractivity contribution in [3.8, 4) is 0 Å². The van der Waals surface area contributed by atoms with E-state index in [-0.39, 0.29) is 11.5 Å². The van der Waals surface area contributed by atoms with E-state index in [9.17, 15) is 4.79 Å². The Labute approximate surface area is 120 Å². The number of hydrogen-bond donors (Lipinski definition) is 1. The molecule has 1 aliphatic heterocycles. The van der Waals surface area contributed by atoms with Gasteiger partial charge in [-0.05, 0) is 38.0 Å². The fraction of sp³-hybridized carbons (Fsp3) is 0.462. The number of amides is 1. The molecule has 1 heterocycles. The minimum absolute atomic E-state index is 0.168. The zero-order valence-corrected chi connectivity index (χ0v) is 12.5. The first-order valence-corrected chi connectivity index (χ1v) is 7.04. The lowest BCUT2D eigenvalue weighted by Gasteiger charge is -2.23. The van der Waals surface area contributed by atoms with Gasteiger partial charge < -0.3 is 10.1 Å². The highest BCUT2D eigenvalue weighted by Gasteiger charge is 2.30. The van der Waals surface area contributed by atoms with Gasteiger partial charge in [-0.3, -0.25) is 4.79 Å². The Morgan fingerprint density at radius 1 is 1.61 bits per heavy atom. The highest BCUT2D eigenvalue weighted by Crippen LogP contribution is 2.25. The van der Waals surface area contributed by atoms with Crippen LogP contribution >= 0.6 is 27.5 Å². The minimum Gasteiger partial charge on any atom is -0.373 e. The summed E-state index contributed by atoms with van der Waals surface area (Å²) in [5.74, 6) is -0.168. The van der Waals surface area contributed by atoms with E-state index >= 15 is 0 Å². The molecule has 5 heteroatoms. The van der Waals surface area contributed by atoms with Gasteiger partial charge in [0.05, 0.1) is 16.2 Å². The average Bonchev–Trinajstić information content (AvgIpc) is 2.77. The Bertz CT molecular complexity index is 458. The van der Waals surface area contributed by atoms with Gasteiger partial charge in [-0.2, -0.15) is 0 Å². The van der Waals surface area contributed by atoms with Crippen LogP contribution < -0.4 is 5.32 Å². The maximum atomic E-state index is 12.0. The second-order valence-corrected chi connectivity index (χ2v) is 6.03. The molecule has 1 unspecified atom stereocenters. The summed E-state index contributed by atoms with van der Waals surface area (Å²) in [5.41, 5.74) is 0.237. The van der Waals surface area contributed by atoms with Gasteiger partial charge in [0.25, 0.3) is 5.91 Å². The molecule has 0 aromatic heterocycles. The van der Waals surface area contributed by atoms with Gasteiger partial charge in [0.2, 0.25) is 0 Å². The lowest BCUT2D eigenvalue weighted by molar-refractivity contribution is 0.0206. The third-order valence-corrected chi connectivity index (χ3v) is 3.92. The summed E-state index contributed by atoms with van der Waals surface area (Å²) in [6, 6.07) is 5.23. The first-order valence-electron chi connectivity index (χ1n) is 5.87. The van der Waals surface area contributed by atoms with Gasteiger partial charge in [0.15, 0.2) is 0 Å². The van der Waals surface area contributed by atoms with Gasteiger partial charge in [-0.15, -0.1) is 0 Å². The molecule has 1 fully saturated rings. The first-order chi connectivity index (χ1) is 8.50. The van der Waals surface area contributed by atoms with Gasteiger partial charge in [-0.25, -0.2) is 0 Å². The number of carbonyl (C=O) groups excluding carboxylic acids is 1. The Hall–Kier alpha value is -0.580. The quantitative estimate of drug-likeness (QED) is 0.921. The van der Waals surface area contributed by atoms with Crippen LogP contribution in [0.1, 0.15) is 30.1 Å². The third kappa shape index (κ3) is 3.25. The van der Waals surface area contributed by atoms with Crippen molar-refractivity contribution in [3.05, 3.63) is 33.3 Å². The van der Waals surface area contributed by atoms with Crippen molar-refractivity contribution in [1.29, 1.82) is 0 Å². The van der Waals surface area contributed by atoms with Gasteiger partial charge in [0, 0.05) is 17.6 Å². The Balaban J connectivity index is 2.01. The summed E-state index contributed by atoms with van der Waals surface area (Å²) >= 11 is 9.34. The Morgan fingerprint density at radius 2 is 2.39 bits per heavy atom. The molecule has 18 heavy (non-hydrogen) atoms. The summed E-state index contributed by atoms with van der Waals surface area (Å²) in [6.07, 6.45) is 2.02. The van der Waals surface area contributed by atoms with Crippen LogP contribution in [0.3, 0.4) is 0 Å². The summed E-state index contributed by atoms with van der Waals surface area (Å²) in [4.78, 5) is 12.0. The molecule has 1 atom stereocenters. The second-order valence-electron chi connectivity index (χ2n) is 4.71. The van der Waals surface area contributed by atoms with Crippen LogP contribution in [0, 0.1) is 0 Å². The van der Waals surface area contributed by atoms with Crippen LogP contribution in [-0.4, -0.2) is 24.7 Å². The SMILES string of the molecule is CC1(CNC(=O)c2cc(Br)ccc2Cl)CCCO1. The van der Waals surface area contributed by atoms with Gasteiger partial charge in [-0.1, -0.05) is 27.5 Å². The van der Waals surface area contributed by atoms with Crippen molar-refractivity contribution >= 4 is 33.4 Å². The molecule has 1 saturated heterocycles. The van der Waals surface area contributed by atoms with Crippen molar-refractivity contribution in [2.75, 3.05) is 13.2 Å². The predicted molar refractivity (Wildman–Crippen MR) is 75.1 cm³/mol. The maximum absolute atomic E-state index is 12.0. The van der Waals surface area contributed by atoms with Crippen LogP contribution in [-0.2, 0) is 4.74 Å². The van der Waals surface area contributed by atoms with Gasteiger partial charge >= 0.3 is 0 Å². The maximum Gasteiger partial charge on any atom is 0.252 e. The molecular weight excluding hydrogens is 318 g/mol. The molecule has 0 spiro atoms. The number of ether oxygens (including phenoxy) is 1. The zero-order valence-electron chi connectivity index (χ0n) is 10.1. The molecule has 98 valence electrons. The smallest absolute Gasteiger partial charge is 0.252 e. The number of halogens is 2. The highest BCUT2D eigenvalue weighted by molar-refractivity contribution is 9.10. The van der Waals surface area contributed by atoms with E-state index < -0.39 is 0 Å². The largest absolute Gasteiger partial charge is 0.373 e. The molecule has 3 nitrogen and oxygen atoms in total. The monoisotopic (exact) mass is 331 g/mol. The summed E-state index contributed by atoms with van der Waals surface area (Å²) in [7, 11) is 0. The van der Waals surface area contributed by atoms with Crippen LogP contribution in [0.4, 0.5) is 0 Å². The lowest BCUT2D eigenvalue weighted by Crippen LogP contribution is -2.40. The van der Waals surface area contributed by atoms with Crippen molar-refractivity contribution in [2.24, 2.45) is 0 Å². The topological polar surface area (TPSA) is 38.3 Å². The number of benzene rings is 1. The van der Waals surface area contributed by atoms with E-state index in [1.807, 2.05) is 6.92 Å². The van der Waals surface area contributed by atoms with Crippen LogP contribution in [0.15, 0.2) is 22.7 Å². The number of hydrogen-bond acceptors (Lipinski definition) is 2. The second kappa shape index (κ2) is 5.59. The van der Waals surface area contributed by atoms with E-state index in [0.29, 0.717) is 17.1 Å². The standard InChI is InChI=1S/C13H15BrClNO2/c1-13(5-2-6-18-13)8-16-12(17)10-7-9(14)3-4-11(10)15/h3-4,7H,2,5-6,8H2,1H3,(H,16,17). The molecule has 1 N–H and O–H groups in total. The van der Waals surface area contributed by atoms with E-state index in [2.05, 4.69) is 21.2 Å². The molecule has 0 aliphatic carbocycles. The molecule has 1 aliphatic rings. The molecule has 1 amide bonds. The normalized spacial score (nSPS) is 23.1. The molecule has 2 rings (SSSR count). The molecule has 0 saturated carbocycles. The first kappa shape index (κ1) is 13.8. The molecule has 0 radical (unpaired) electrons. The van der Waals surface area contributed by atoms with Crippen molar-refractivity contribution in [3.63, 3.8) is 0 Å². The molecule has 1 aromatic carbocycles. The van der Waals surface area contributed by atoms with E-state index in [0.717, 1.165) is 23.9 Å². The molecular formula is C13H15BrClNO2. The third-order valence-electron chi connectivity index (χ3n) is 3.10. The minimum atomic E-state index is -0.242. The van der Waals surface area contributed by atoms with Crippen LogP contribution in [0.2, 0.25) is 5.02 Å². The highest BCUT2D eigenvalue weighted by atomic mass is 79.9. The van der Waals surface area contributed by atoms with Crippen LogP contribution in [0.25, 0.3) is 0 Å². The van der Waals surface area contributed by atoms with E-state index in [1.165, 1.54) is 0 Å². The Kier molecular flexibility index (Phi) is 4.30. The van der Waals surface area contributed by atoms with Crippen molar-refractivity contribution < 1.29 is 9.53 Å². The summed E-state index contributed by atoms with van der Waals surface area (Å²) in [5, 5.41) is 3.33. The van der Waals surface area contributed by atoms with Crippen LogP contribution in [0.5, 0.6) is 0 Å². The van der Waals surface area contributed by atoms with E-state index in [4.69, 9.17) is 16.3 Å². The summed E-state index contributed by atoms with van der Waals surface area (Å²) < 4.78 is 6.46. The fourth-order valence-corrected chi connectivity index (χ4v) is 2.57. The zero-order chi connectivity index (χ0) is 13.2. The Morgan fingerprint density at radius 3 is 3.06 bits per heavy atom. The predicted octanol–water partition coefficient (Wildman–Crippen LogP) is 3.40. The van der Waals surface area contributed by atoms with Crippen molar-refractivity contribution in [2.45, 2.75) is 25.4 Å². The lowest BCUT2D eigenvalue weighted by atomic mass is 10.0. The molecule has 0 bridgehead atoms. The fourth-order valence-electron chi connectivity index (χ4n) is 2.01. The number of nitrogens with one attached hydrogen (secondary N) is 1.